The van der Waals surface area contributed by atoms with Gasteiger partial charge in [0.05, 0.1) is 11.7 Å². The third kappa shape index (κ3) is 2.66. The highest BCUT2D eigenvalue weighted by atomic mass is 35.5. The standard InChI is InChI=1S/C13H11ClF2N2/c14-9-3-1-4-10(15)8(9)7-12(17)13-11(16)5-2-6-18-13/h1-6,12H,7,17H2. The first-order valence-corrected chi connectivity index (χ1v) is 5.76. The van der Waals surface area contributed by atoms with Crippen LogP contribution in [-0.2, 0) is 6.42 Å². The fourth-order valence-corrected chi connectivity index (χ4v) is 1.95. The third-order valence-corrected chi connectivity index (χ3v) is 2.98. The molecule has 2 N–H and O–H groups in total. The first-order chi connectivity index (χ1) is 8.59. The van der Waals surface area contributed by atoms with Crippen LogP contribution in [-0.4, -0.2) is 4.98 Å². The smallest absolute Gasteiger partial charge is 0.146 e. The van der Waals surface area contributed by atoms with Gasteiger partial charge in [0.25, 0.3) is 0 Å². The Morgan fingerprint density at radius 1 is 1.17 bits per heavy atom. The lowest BCUT2D eigenvalue weighted by atomic mass is 10.0. The van der Waals surface area contributed by atoms with Crippen LogP contribution in [0.15, 0.2) is 36.5 Å². The predicted molar refractivity (Wildman–Crippen MR) is 66.2 cm³/mol. The van der Waals surface area contributed by atoms with Crippen LogP contribution >= 0.6 is 11.6 Å². The summed E-state index contributed by atoms with van der Waals surface area (Å²) in [5.74, 6) is -0.952. The number of nitrogens with zero attached hydrogens (tertiary/aromatic N) is 1. The Morgan fingerprint density at radius 2 is 1.89 bits per heavy atom. The van der Waals surface area contributed by atoms with Gasteiger partial charge >= 0.3 is 0 Å². The molecule has 0 bridgehead atoms. The molecule has 0 saturated heterocycles. The van der Waals surface area contributed by atoms with Crippen LogP contribution in [0.25, 0.3) is 0 Å². The van der Waals surface area contributed by atoms with E-state index in [4.69, 9.17) is 17.3 Å². The summed E-state index contributed by atoms with van der Waals surface area (Å²) < 4.78 is 27.0. The number of benzene rings is 1. The molecule has 0 aliphatic rings. The Balaban J connectivity index is 2.27. The minimum Gasteiger partial charge on any atom is -0.322 e. The van der Waals surface area contributed by atoms with E-state index in [1.54, 1.807) is 6.07 Å². The van der Waals surface area contributed by atoms with Crippen LogP contribution in [0.1, 0.15) is 17.3 Å². The van der Waals surface area contributed by atoms with Gasteiger partial charge in [-0.3, -0.25) is 4.98 Å². The van der Waals surface area contributed by atoms with Gasteiger partial charge in [0, 0.05) is 16.8 Å². The predicted octanol–water partition coefficient (Wildman–Crippen LogP) is 3.26. The maximum Gasteiger partial charge on any atom is 0.146 e. The topological polar surface area (TPSA) is 38.9 Å². The summed E-state index contributed by atoms with van der Waals surface area (Å²) in [6.07, 6.45) is 1.54. The molecule has 94 valence electrons. The lowest BCUT2D eigenvalue weighted by Crippen LogP contribution is -2.17. The van der Waals surface area contributed by atoms with Gasteiger partial charge in [0.15, 0.2) is 0 Å². The van der Waals surface area contributed by atoms with E-state index in [1.165, 1.54) is 30.5 Å². The number of nitrogens with two attached hydrogens (primary N) is 1. The van der Waals surface area contributed by atoms with Crippen molar-refractivity contribution in [2.24, 2.45) is 5.73 Å². The maximum absolute atomic E-state index is 13.6. The Hall–Kier alpha value is -1.52. The van der Waals surface area contributed by atoms with E-state index in [9.17, 15) is 8.78 Å². The monoisotopic (exact) mass is 268 g/mol. The molecule has 1 atom stereocenters. The molecular weight excluding hydrogens is 258 g/mol. The second-order valence-corrected chi connectivity index (χ2v) is 4.29. The quantitative estimate of drug-likeness (QED) is 0.928. The summed E-state index contributed by atoms with van der Waals surface area (Å²) in [5.41, 5.74) is 6.22. The Bertz CT molecular complexity index is 540. The van der Waals surface area contributed by atoms with Crippen molar-refractivity contribution in [2.45, 2.75) is 12.5 Å². The van der Waals surface area contributed by atoms with Crippen LogP contribution in [0.3, 0.4) is 0 Å². The molecule has 18 heavy (non-hydrogen) atoms. The maximum atomic E-state index is 13.6. The van der Waals surface area contributed by atoms with E-state index in [1.807, 2.05) is 0 Å². The van der Waals surface area contributed by atoms with E-state index in [2.05, 4.69) is 4.98 Å². The fraction of sp³-hybridized carbons (Fsp3) is 0.154. The lowest BCUT2D eigenvalue weighted by molar-refractivity contribution is 0.550. The number of rotatable bonds is 3. The summed E-state index contributed by atoms with van der Waals surface area (Å²) in [5, 5.41) is 0.279. The highest BCUT2D eigenvalue weighted by Crippen LogP contribution is 2.24. The van der Waals surface area contributed by atoms with Crippen molar-refractivity contribution in [1.82, 2.24) is 4.98 Å². The zero-order valence-electron chi connectivity index (χ0n) is 9.41. The lowest BCUT2D eigenvalue weighted by Gasteiger charge is -2.13. The molecule has 0 fully saturated rings. The van der Waals surface area contributed by atoms with E-state index in [0.29, 0.717) is 0 Å². The minimum atomic E-state index is -0.736. The molecule has 0 aliphatic heterocycles. The zero-order valence-corrected chi connectivity index (χ0v) is 10.2. The van der Waals surface area contributed by atoms with E-state index in [-0.39, 0.29) is 22.7 Å². The number of hydrogen-bond donors (Lipinski definition) is 1. The average Bonchev–Trinajstić information content (AvgIpc) is 2.34. The first kappa shape index (κ1) is 12.9. The molecule has 1 unspecified atom stereocenters. The molecule has 0 radical (unpaired) electrons. The van der Waals surface area contributed by atoms with Crippen LogP contribution in [0.2, 0.25) is 5.02 Å². The molecule has 0 aliphatic carbocycles. The number of pyridine rings is 1. The largest absolute Gasteiger partial charge is 0.322 e. The van der Waals surface area contributed by atoms with Crippen LogP contribution in [0.4, 0.5) is 8.78 Å². The second kappa shape index (κ2) is 5.42. The molecule has 5 heteroatoms. The van der Waals surface area contributed by atoms with Gasteiger partial charge in [0.2, 0.25) is 0 Å². The van der Waals surface area contributed by atoms with Gasteiger partial charge in [0.1, 0.15) is 11.6 Å². The summed E-state index contributed by atoms with van der Waals surface area (Å²) in [6, 6.07) is 6.38. The van der Waals surface area contributed by atoms with Gasteiger partial charge in [-0.15, -0.1) is 0 Å². The van der Waals surface area contributed by atoms with Gasteiger partial charge in [-0.1, -0.05) is 17.7 Å². The van der Waals surface area contributed by atoms with Crippen molar-refractivity contribution in [3.63, 3.8) is 0 Å². The molecule has 0 amide bonds. The van der Waals surface area contributed by atoms with E-state index >= 15 is 0 Å². The number of halogens is 3. The van der Waals surface area contributed by atoms with Crippen LogP contribution in [0.5, 0.6) is 0 Å². The minimum absolute atomic E-state index is 0.0967. The van der Waals surface area contributed by atoms with Crippen molar-refractivity contribution in [3.8, 4) is 0 Å². The fourth-order valence-electron chi connectivity index (χ4n) is 1.71. The molecule has 2 rings (SSSR count). The molecule has 1 heterocycles. The van der Waals surface area contributed by atoms with Crippen molar-refractivity contribution >= 4 is 11.6 Å². The average molecular weight is 269 g/mol. The Morgan fingerprint density at radius 3 is 2.56 bits per heavy atom. The molecule has 0 saturated carbocycles. The van der Waals surface area contributed by atoms with E-state index in [0.717, 1.165) is 0 Å². The van der Waals surface area contributed by atoms with Crippen LogP contribution in [0, 0.1) is 11.6 Å². The molecule has 0 spiro atoms. The van der Waals surface area contributed by atoms with Crippen molar-refractivity contribution in [3.05, 3.63) is 64.4 Å². The SMILES string of the molecule is NC(Cc1c(F)cccc1Cl)c1ncccc1F. The first-order valence-electron chi connectivity index (χ1n) is 5.38. The molecule has 2 nitrogen and oxygen atoms in total. The Labute approximate surface area is 108 Å². The number of aromatic nitrogens is 1. The molecule has 1 aromatic heterocycles. The summed E-state index contributed by atoms with van der Waals surface area (Å²) in [7, 11) is 0. The molecule has 2 aromatic rings. The zero-order chi connectivity index (χ0) is 13.1. The molecule has 1 aromatic carbocycles. The highest BCUT2D eigenvalue weighted by molar-refractivity contribution is 6.31. The van der Waals surface area contributed by atoms with Crippen LogP contribution < -0.4 is 5.73 Å². The van der Waals surface area contributed by atoms with Gasteiger partial charge in [-0.05, 0) is 30.7 Å². The number of hydrogen-bond acceptors (Lipinski definition) is 2. The second-order valence-electron chi connectivity index (χ2n) is 3.88. The third-order valence-electron chi connectivity index (χ3n) is 2.62. The van der Waals surface area contributed by atoms with Gasteiger partial charge < -0.3 is 5.73 Å². The van der Waals surface area contributed by atoms with Gasteiger partial charge in [-0.2, -0.15) is 0 Å². The van der Waals surface area contributed by atoms with E-state index < -0.39 is 17.7 Å². The van der Waals surface area contributed by atoms with Gasteiger partial charge in [-0.25, -0.2) is 8.78 Å². The summed E-state index contributed by atoms with van der Waals surface area (Å²) in [6.45, 7) is 0. The van der Waals surface area contributed by atoms with Crippen molar-refractivity contribution in [2.75, 3.05) is 0 Å². The normalized spacial score (nSPS) is 12.4. The van der Waals surface area contributed by atoms with Crippen molar-refractivity contribution in [1.29, 1.82) is 0 Å². The molecular formula is C13H11ClF2N2. The summed E-state index contributed by atoms with van der Waals surface area (Å²) in [4.78, 5) is 3.87. The van der Waals surface area contributed by atoms with Crippen molar-refractivity contribution < 1.29 is 8.78 Å². The Kier molecular flexibility index (Phi) is 3.89. The summed E-state index contributed by atoms with van der Waals surface area (Å²) >= 11 is 5.89. The highest BCUT2D eigenvalue weighted by Gasteiger charge is 2.17.